The summed E-state index contributed by atoms with van der Waals surface area (Å²) in [6.07, 6.45) is -1.02. The van der Waals surface area contributed by atoms with Crippen molar-refractivity contribution in [1.29, 1.82) is 0 Å². The Hall–Kier alpha value is -2.53. The van der Waals surface area contributed by atoms with Gasteiger partial charge in [-0.3, -0.25) is 4.79 Å². The third-order valence-electron chi connectivity index (χ3n) is 3.22. The highest BCUT2D eigenvalue weighted by Crippen LogP contribution is 2.22. The van der Waals surface area contributed by atoms with Crippen LogP contribution in [0.3, 0.4) is 0 Å². The molecule has 0 saturated heterocycles. The number of aryl methyl sites for hydroxylation is 1. The minimum atomic E-state index is -1.02. The van der Waals surface area contributed by atoms with Gasteiger partial charge in [0.05, 0.1) is 0 Å². The maximum atomic E-state index is 12.1. The molecule has 0 aliphatic carbocycles. The minimum absolute atomic E-state index is 0.0242. The lowest BCUT2D eigenvalue weighted by atomic mass is 10.1. The number of benzene rings is 2. The molecule has 0 bridgehead atoms. The average Bonchev–Trinajstić information content (AvgIpc) is 2.52. The van der Waals surface area contributed by atoms with Crippen LogP contribution in [0.2, 0.25) is 5.02 Å². The Morgan fingerprint density at radius 2 is 1.83 bits per heavy atom. The Balaban J connectivity index is 2.01. The van der Waals surface area contributed by atoms with Gasteiger partial charge in [0.25, 0.3) is 5.91 Å². The van der Waals surface area contributed by atoms with Crippen LogP contribution in [0, 0.1) is 6.92 Å². The Morgan fingerprint density at radius 3 is 2.48 bits per heavy atom. The zero-order chi connectivity index (χ0) is 17.0. The second kappa shape index (κ2) is 7.15. The van der Waals surface area contributed by atoms with Crippen molar-refractivity contribution in [2.24, 2.45) is 0 Å². The van der Waals surface area contributed by atoms with Crippen LogP contribution in [0.1, 0.15) is 22.8 Å². The number of amides is 1. The number of ether oxygens (including phenoxy) is 1. The molecule has 0 radical (unpaired) electrons. The van der Waals surface area contributed by atoms with Crippen LogP contribution in [0.25, 0.3) is 0 Å². The minimum Gasteiger partial charge on any atom is -0.507 e. The zero-order valence-corrected chi connectivity index (χ0v) is 13.4. The van der Waals surface area contributed by atoms with Gasteiger partial charge in [0, 0.05) is 10.7 Å². The third-order valence-corrected chi connectivity index (χ3v) is 3.47. The van der Waals surface area contributed by atoms with Gasteiger partial charge in [-0.05, 0) is 49.7 Å². The lowest BCUT2D eigenvalue weighted by Crippen LogP contribution is -2.30. The summed E-state index contributed by atoms with van der Waals surface area (Å²) in [4.78, 5) is 24.1. The van der Waals surface area contributed by atoms with Crippen molar-refractivity contribution >= 4 is 29.2 Å². The molecule has 0 heterocycles. The van der Waals surface area contributed by atoms with Crippen LogP contribution in [0.15, 0.2) is 42.5 Å². The summed E-state index contributed by atoms with van der Waals surface area (Å²) in [5.74, 6) is -1.39. The smallest absolute Gasteiger partial charge is 0.342 e. The Labute approximate surface area is 138 Å². The monoisotopic (exact) mass is 333 g/mol. The predicted molar refractivity (Wildman–Crippen MR) is 87.8 cm³/mol. The quantitative estimate of drug-likeness (QED) is 0.839. The molecule has 1 atom stereocenters. The van der Waals surface area contributed by atoms with E-state index in [0.29, 0.717) is 16.3 Å². The van der Waals surface area contributed by atoms with E-state index in [1.54, 1.807) is 43.3 Å². The molecule has 2 N–H and O–H groups in total. The lowest BCUT2D eigenvalue weighted by Gasteiger charge is -2.14. The van der Waals surface area contributed by atoms with Crippen LogP contribution >= 0.6 is 11.6 Å². The predicted octanol–water partition coefficient (Wildman–Crippen LogP) is 3.54. The molecular formula is C17H16ClNO4. The van der Waals surface area contributed by atoms with E-state index in [4.69, 9.17) is 16.3 Å². The first-order valence-electron chi connectivity index (χ1n) is 6.94. The molecule has 5 nitrogen and oxygen atoms in total. The van der Waals surface area contributed by atoms with Gasteiger partial charge in [0.15, 0.2) is 6.10 Å². The largest absolute Gasteiger partial charge is 0.507 e. The van der Waals surface area contributed by atoms with Crippen LogP contribution in [-0.2, 0) is 9.53 Å². The molecule has 23 heavy (non-hydrogen) atoms. The van der Waals surface area contributed by atoms with E-state index in [-0.39, 0.29) is 11.3 Å². The Morgan fingerprint density at radius 1 is 1.17 bits per heavy atom. The van der Waals surface area contributed by atoms with E-state index in [2.05, 4.69) is 5.32 Å². The first-order valence-corrected chi connectivity index (χ1v) is 7.32. The highest BCUT2D eigenvalue weighted by Gasteiger charge is 2.21. The number of aromatic hydroxyl groups is 1. The van der Waals surface area contributed by atoms with Gasteiger partial charge in [-0.1, -0.05) is 23.7 Å². The summed E-state index contributed by atoms with van der Waals surface area (Å²) in [5, 5.41) is 13.0. The third kappa shape index (κ3) is 4.23. The molecule has 0 spiro atoms. The van der Waals surface area contributed by atoms with E-state index in [1.807, 2.05) is 0 Å². The Kier molecular flexibility index (Phi) is 5.24. The van der Waals surface area contributed by atoms with Crippen molar-refractivity contribution in [3.63, 3.8) is 0 Å². The normalized spacial score (nSPS) is 11.6. The number of esters is 1. The van der Waals surface area contributed by atoms with Gasteiger partial charge in [0.2, 0.25) is 0 Å². The average molecular weight is 334 g/mol. The van der Waals surface area contributed by atoms with Gasteiger partial charge in [-0.25, -0.2) is 4.79 Å². The van der Waals surface area contributed by atoms with Gasteiger partial charge < -0.3 is 15.2 Å². The molecular weight excluding hydrogens is 318 g/mol. The standard InChI is InChI=1S/C17H16ClNO4/c1-10-4-3-5-14(15(10)20)17(22)23-11(2)16(21)19-13-8-6-12(18)7-9-13/h3-9,11,20H,1-2H3,(H,19,21)/t11-/m1/s1. The van der Waals surface area contributed by atoms with E-state index in [9.17, 15) is 14.7 Å². The highest BCUT2D eigenvalue weighted by atomic mass is 35.5. The van der Waals surface area contributed by atoms with Gasteiger partial charge in [-0.15, -0.1) is 0 Å². The molecule has 0 fully saturated rings. The number of carbonyl (C=O) groups is 2. The molecule has 0 aliphatic heterocycles. The van der Waals surface area contributed by atoms with Gasteiger partial charge in [-0.2, -0.15) is 0 Å². The van der Waals surface area contributed by atoms with Gasteiger partial charge >= 0.3 is 5.97 Å². The molecule has 0 saturated carbocycles. The number of rotatable bonds is 4. The first-order chi connectivity index (χ1) is 10.9. The molecule has 2 aromatic carbocycles. The number of anilines is 1. The summed E-state index contributed by atoms with van der Waals surface area (Å²) < 4.78 is 5.09. The summed E-state index contributed by atoms with van der Waals surface area (Å²) in [6.45, 7) is 3.12. The summed E-state index contributed by atoms with van der Waals surface area (Å²) in [5.41, 5.74) is 1.12. The van der Waals surface area contributed by atoms with Crippen LogP contribution in [0.5, 0.6) is 5.75 Å². The number of phenolic OH excluding ortho intramolecular Hbond substituents is 1. The highest BCUT2D eigenvalue weighted by molar-refractivity contribution is 6.30. The lowest BCUT2D eigenvalue weighted by molar-refractivity contribution is -0.123. The first kappa shape index (κ1) is 16.8. The van der Waals surface area contributed by atoms with E-state index in [1.165, 1.54) is 13.0 Å². The Bertz CT molecular complexity index is 728. The molecule has 6 heteroatoms. The molecule has 2 aromatic rings. The summed E-state index contributed by atoms with van der Waals surface area (Å²) in [7, 11) is 0. The van der Waals surface area contributed by atoms with Crippen molar-refractivity contribution in [3.8, 4) is 5.75 Å². The van der Waals surface area contributed by atoms with Crippen LogP contribution in [-0.4, -0.2) is 23.1 Å². The van der Waals surface area contributed by atoms with Crippen molar-refractivity contribution < 1.29 is 19.4 Å². The maximum absolute atomic E-state index is 12.1. The SMILES string of the molecule is Cc1cccc(C(=O)O[C@H](C)C(=O)Nc2ccc(Cl)cc2)c1O. The van der Waals surface area contributed by atoms with Crippen LogP contribution < -0.4 is 5.32 Å². The van der Waals surface area contributed by atoms with Crippen molar-refractivity contribution in [1.82, 2.24) is 0 Å². The number of halogens is 1. The number of nitrogens with one attached hydrogen (secondary N) is 1. The second-order valence-corrected chi connectivity index (χ2v) is 5.45. The molecule has 0 aliphatic rings. The number of carbonyl (C=O) groups excluding carboxylic acids is 2. The summed E-state index contributed by atoms with van der Waals surface area (Å²) >= 11 is 5.77. The van der Waals surface area contributed by atoms with E-state index >= 15 is 0 Å². The molecule has 0 unspecified atom stereocenters. The number of hydrogen-bond acceptors (Lipinski definition) is 4. The molecule has 1 amide bonds. The van der Waals surface area contributed by atoms with Crippen molar-refractivity contribution in [2.45, 2.75) is 20.0 Å². The number of phenols is 1. The fourth-order valence-corrected chi connectivity index (χ4v) is 2.00. The fraction of sp³-hybridized carbons (Fsp3) is 0.176. The fourth-order valence-electron chi connectivity index (χ4n) is 1.88. The van der Waals surface area contributed by atoms with Crippen LogP contribution in [0.4, 0.5) is 5.69 Å². The van der Waals surface area contributed by atoms with Gasteiger partial charge in [0.1, 0.15) is 11.3 Å². The van der Waals surface area contributed by atoms with E-state index < -0.39 is 18.0 Å². The maximum Gasteiger partial charge on any atom is 0.342 e. The van der Waals surface area contributed by atoms with Crippen molar-refractivity contribution in [2.75, 3.05) is 5.32 Å². The van der Waals surface area contributed by atoms with E-state index in [0.717, 1.165) is 0 Å². The molecule has 0 aromatic heterocycles. The molecule has 2 rings (SSSR count). The van der Waals surface area contributed by atoms with Crippen molar-refractivity contribution in [3.05, 3.63) is 58.6 Å². The number of hydrogen-bond donors (Lipinski definition) is 2. The number of para-hydroxylation sites is 1. The molecule has 120 valence electrons. The second-order valence-electron chi connectivity index (χ2n) is 5.01. The zero-order valence-electron chi connectivity index (χ0n) is 12.7. The topological polar surface area (TPSA) is 75.6 Å². The summed E-state index contributed by atoms with van der Waals surface area (Å²) in [6, 6.07) is 11.3.